The van der Waals surface area contributed by atoms with Crippen LogP contribution >= 0.6 is 23.2 Å². The molecule has 0 fully saturated rings. The van der Waals surface area contributed by atoms with Crippen molar-refractivity contribution in [3.05, 3.63) is 28.0 Å². The van der Waals surface area contributed by atoms with Crippen LogP contribution in [0.5, 0.6) is 0 Å². The average Bonchev–Trinajstić information content (AvgIpc) is 2.71. The molecule has 1 aromatic heterocycles. The van der Waals surface area contributed by atoms with Gasteiger partial charge in [-0.05, 0) is 31.5 Å². The summed E-state index contributed by atoms with van der Waals surface area (Å²) in [6.45, 7) is 3.73. The molecule has 0 atom stereocenters. The van der Waals surface area contributed by atoms with Crippen molar-refractivity contribution < 1.29 is 0 Å². The molecule has 1 aromatic carbocycles. The van der Waals surface area contributed by atoms with Crippen molar-refractivity contribution in [2.45, 2.75) is 39.2 Å². The third-order valence-corrected chi connectivity index (χ3v) is 3.93. The fourth-order valence-corrected chi connectivity index (χ4v) is 2.51. The van der Waals surface area contributed by atoms with E-state index in [0.717, 1.165) is 49.1 Å². The Morgan fingerprint density at radius 1 is 1.21 bits per heavy atom. The Bertz CT molecular complexity index is 563. The molecule has 2 rings (SSSR count). The SMILES string of the molecule is CCCCc1nc2cc(Cl)c(Cl)cc2n1CCCN. The van der Waals surface area contributed by atoms with Gasteiger partial charge in [-0.2, -0.15) is 0 Å². The molecule has 0 aliphatic heterocycles. The van der Waals surface area contributed by atoms with E-state index in [2.05, 4.69) is 16.5 Å². The van der Waals surface area contributed by atoms with Crippen LogP contribution in [0.4, 0.5) is 0 Å². The molecule has 19 heavy (non-hydrogen) atoms. The predicted octanol–water partition coefficient (Wildman–Crippen LogP) is 4.03. The Labute approximate surface area is 123 Å². The standard InChI is InChI=1S/C14H19Cl2N3/c1-2-3-5-14-18-12-8-10(15)11(16)9-13(12)19(14)7-4-6-17/h8-9H,2-7,17H2,1H3. The van der Waals surface area contributed by atoms with Crippen molar-refractivity contribution in [3.8, 4) is 0 Å². The van der Waals surface area contributed by atoms with Gasteiger partial charge in [-0.25, -0.2) is 4.98 Å². The van der Waals surface area contributed by atoms with Crippen LogP contribution in [0.2, 0.25) is 10.0 Å². The molecule has 0 spiro atoms. The molecule has 0 unspecified atom stereocenters. The van der Waals surface area contributed by atoms with Gasteiger partial charge >= 0.3 is 0 Å². The van der Waals surface area contributed by atoms with E-state index in [9.17, 15) is 0 Å². The molecule has 0 saturated heterocycles. The van der Waals surface area contributed by atoms with Gasteiger partial charge in [-0.3, -0.25) is 0 Å². The number of aromatic nitrogens is 2. The first-order chi connectivity index (χ1) is 9.17. The number of fused-ring (bicyclic) bond motifs is 1. The minimum atomic E-state index is 0.555. The molecule has 1 heterocycles. The summed E-state index contributed by atoms with van der Waals surface area (Å²) in [6.07, 6.45) is 4.20. The number of rotatable bonds is 6. The van der Waals surface area contributed by atoms with Crippen LogP contribution in [-0.4, -0.2) is 16.1 Å². The lowest BCUT2D eigenvalue weighted by atomic mass is 10.2. The van der Waals surface area contributed by atoms with Crippen LogP contribution in [0.25, 0.3) is 11.0 Å². The van der Waals surface area contributed by atoms with E-state index in [4.69, 9.17) is 28.9 Å². The maximum Gasteiger partial charge on any atom is 0.109 e. The molecule has 0 aliphatic carbocycles. The molecule has 104 valence electrons. The van der Waals surface area contributed by atoms with Crippen molar-refractivity contribution >= 4 is 34.2 Å². The highest BCUT2D eigenvalue weighted by atomic mass is 35.5. The number of imidazole rings is 1. The lowest BCUT2D eigenvalue weighted by Gasteiger charge is -2.08. The van der Waals surface area contributed by atoms with Gasteiger partial charge in [0, 0.05) is 13.0 Å². The maximum absolute atomic E-state index is 6.11. The van der Waals surface area contributed by atoms with Crippen LogP contribution in [0, 0.1) is 0 Å². The number of nitrogens with zero attached hydrogens (tertiary/aromatic N) is 2. The lowest BCUT2D eigenvalue weighted by molar-refractivity contribution is 0.617. The largest absolute Gasteiger partial charge is 0.330 e. The van der Waals surface area contributed by atoms with Crippen LogP contribution in [0.15, 0.2) is 12.1 Å². The lowest BCUT2D eigenvalue weighted by Crippen LogP contribution is -2.09. The van der Waals surface area contributed by atoms with Gasteiger partial charge in [0.15, 0.2) is 0 Å². The van der Waals surface area contributed by atoms with Crippen molar-refractivity contribution in [3.63, 3.8) is 0 Å². The quantitative estimate of drug-likeness (QED) is 0.875. The normalized spacial score (nSPS) is 11.4. The Balaban J connectivity index is 2.46. The van der Waals surface area contributed by atoms with Gasteiger partial charge in [0.2, 0.25) is 0 Å². The number of nitrogens with two attached hydrogens (primary N) is 1. The van der Waals surface area contributed by atoms with Gasteiger partial charge in [0.25, 0.3) is 0 Å². The van der Waals surface area contributed by atoms with Crippen molar-refractivity contribution in [1.82, 2.24) is 9.55 Å². The van der Waals surface area contributed by atoms with E-state index in [1.165, 1.54) is 0 Å². The fraction of sp³-hybridized carbons (Fsp3) is 0.500. The predicted molar refractivity (Wildman–Crippen MR) is 82.0 cm³/mol. The van der Waals surface area contributed by atoms with E-state index >= 15 is 0 Å². The van der Waals surface area contributed by atoms with E-state index in [1.807, 2.05) is 12.1 Å². The van der Waals surface area contributed by atoms with Gasteiger partial charge in [0.05, 0.1) is 21.1 Å². The summed E-state index contributed by atoms with van der Waals surface area (Å²) in [4.78, 5) is 4.68. The Kier molecular flexibility index (Phi) is 5.08. The van der Waals surface area contributed by atoms with E-state index in [0.29, 0.717) is 16.6 Å². The van der Waals surface area contributed by atoms with E-state index < -0.39 is 0 Å². The van der Waals surface area contributed by atoms with Crippen molar-refractivity contribution in [2.75, 3.05) is 6.54 Å². The Morgan fingerprint density at radius 2 is 1.95 bits per heavy atom. The number of hydrogen-bond acceptors (Lipinski definition) is 2. The number of unbranched alkanes of at least 4 members (excludes halogenated alkanes) is 1. The average molecular weight is 300 g/mol. The summed E-state index contributed by atoms with van der Waals surface area (Å²) in [5.74, 6) is 1.10. The van der Waals surface area contributed by atoms with E-state index in [1.54, 1.807) is 0 Å². The van der Waals surface area contributed by atoms with Gasteiger partial charge in [-0.15, -0.1) is 0 Å². The van der Waals surface area contributed by atoms with Gasteiger partial charge in [0.1, 0.15) is 5.82 Å². The summed E-state index contributed by atoms with van der Waals surface area (Å²) in [6, 6.07) is 3.74. The molecule has 0 amide bonds. The molecular weight excluding hydrogens is 281 g/mol. The maximum atomic E-state index is 6.11. The van der Waals surface area contributed by atoms with Crippen LogP contribution < -0.4 is 5.73 Å². The zero-order valence-corrected chi connectivity index (χ0v) is 12.6. The third-order valence-electron chi connectivity index (χ3n) is 3.21. The Morgan fingerprint density at radius 3 is 2.63 bits per heavy atom. The minimum absolute atomic E-state index is 0.555. The molecule has 5 heteroatoms. The van der Waals surface area contributed by atoms with E-state index in [-0.39, 0.29) is 0 Å². The molecule has 3 nitrogen and oxygen atoms in total. The Hall–Kier alpha value is -0.770. The molecular formula is C14H19Cl2N3. The first-order valence-corrected chi connectivity index (χ1v) is 7.47. The second kappa shape index (κ2) is 6.60. The van der Waals surface area contributed by atoms with Gasteiger partial charge < -0.3 is 10.3 Å². The molecule has 0 saturated carbocycles. The second-order valence-electron chi connectivity index (χ2n) is 4.68. The summed E-state index contributed by atoms with van der Waals surface area (Å²) in [5, 5.41) is 1.13. The summed E-state index contributed by atoms with van der Waals surface area (Å²) < 4.78 is 2.22. The summed E-state index contributed by atoms with van der Waals surface area (Å²) in [7, 11) is 0. The van der Waals surface area contributed by atoms with Gasteiger partial charge in [-0.1, -0.05) is 36.5 Å². The highest BCUT2D eigenvalue weighted by molar-refractivity contribution is 6.42. The number of halogens is 2. The first-order valence-electron chi connectivity index (χ1n) is 6.71. The van der Waals surface area contributed by atoms with Crippen molar-refractivity contribution in [2.24, 2.45) is 5.73 Å². The highest BCUT2D eigenvalue weighted by Crippen LogP contribution is 2.28. The number of benzene rings is 1. The molecule has 0 aliphatic rings. The summed E-state index contributed by atoms with van der Waals surface area (Å²) in [5.41, 5.74) is 7.58. The number of aryl methyl sites for hydroxylation is 2. The monoisotopic (exact) mass is 299 g/mol. The molecule has 2 aromatic rings. The van der Waals surface area contributed by atoms with Crippen LogP contribution in [0.1, 0.15) is 32.0 Å². The zero-order valence-electron chi connectivity index (χ0n) is 11.1. The zero-order chi connectivity index (χ0) is 13.8. The number of hydrogen-bond donors (Lipinski definition) is 1. The van der Waals surface area contributed by atoms with Crippen molar-refractivity contribution in [1.29, 1.82) is 0 Å². The molecule has 0 radical (unpaired) electrons. The second-order valence-corrected chi connectivity index (χ2v) is 5.49. The smallest absolute Gasteiger partial charge is 0.109 e. The topological polar surface area (TPSA) is 43.8 Å². The van der Waals surface area contributed by atoms with Crippen LogP contribution in [0.3, 0.4) is 0 Å². The third kappa shape index (κ3) is 3.22. The first kappa shape index (κ1) is 14.6. The molecule has 0 bridgehead atoms. The van der Waals surface area contributed by atoms with Crippen LogP contribution in [-0.2, 0) is 13.0 Å². The molecule has 2 N–H and O–H groups in total. The summed E-state index contributed by atoms with van der Waals surface area (Å²) >= 11 is 12.2. The highest BCUT2D eigenvalue weighted by Gasteiger charge is 2.12. The fourth-order valence-electron chi connectivity index (χ4n) is 2.19. The minimum Gasteiger partial charge on any atom is -0.330 e.